The number of hydrogen-bond acceptors (Lipinski definition) is 6. The maximum atomic E-state index is 12.9. The Kier molecular flexibility index (Phi) is 12.7. The minimum absolute atomic E-state index is 0.0641. The Morgan fingerprint density at radius 1 is 0.879 bits per heavy atom. The summed E-state index contributed by atoms with van der Waals surface area (Å²) in [4.78, 5) is 24.7. The molecular weight excluding hydrogens is 452 g/mol. The van der Waals surface area contributed by atoms with Crippen LogP contribution < -0.4 is 0 Å². The van der Waals surface area contributed by atoms with E-state index in [9.17, 15) is 9.59 Å². The van der Waals surface area contributed by atoms with E-state index >= 15 is 0 Å². The monoisotopic (exact) mass is 504 g/mol. The molecule has 0 rings (SSSR count). The SMILES string of the molecule is COC(=O)[C@@H](C[C@H](O[Si](C(C)C)(C(C)C)C(C)C)[C@H](C)[C@H](C=O)OC)O[Si](C)(C)C(C)(C)C. The van der Waals surface area contributed by atoms with Gasteiger partial charge in [0.05, 0.1) is 13.2 Å². The Morgan fingerprint density at radius 2 is 1.33 bits per heavy atom. The molecule has 0 radical (unpaired) electrons. The molecule has 0 aliphatic carbocycles. The second-order valence-corrected chi connectivity index (χ2v) is 22.0. The number of carbonyl (C=O) groups is 2. The van der Waals surface area contributed by atoms with Crippen LogP contribution in [0.2, 0.25) is 34.8 Å². The standard InChI is InChI=1S/C25H52O6Si2/c1-17(2)33(18(3)4,19(5)6)31-21(20(7)23(16-26)28-11)15-22(24(27)29-12)30-32(13,14)25(8,9)10/h16-23H,15H2,1-14H3/t20-,21-,22+,23-/m0/s1. The molecule has 0 bridgehead atoms. The first-order valence-corrected chi connectivity index (χ1v) is 17.4. The van der Waals surface area contributed by atoms with Gasteiger partial charge in [0.15, 0.2) is 8.32 Å². The van der Waals surface area contributed by atoms with Gasteiger partial charge in [-0.05, 0) is 34.8 Å². The predicted octanol–water partition coefficient (Wildman–Crippen LogP) is 6.35. The molecule has 0 saturated carbocycles. The summed E-state index contributed by atoms with van der Waals surface area (Å²) in [5.74, 6) is -0.641. The lowest BCUT2D eigenvalue weighted by Gasteiger charge is -2.47. The molecule has 0 amide bonds. The number of ether oxygens (including phenoxy) is 2. The topological polar surface area (TPSA) is 71.1 Å². The third-order valence-corrected chi connectivity index (χ3v) is 18.3. The van der Waals surface area contributed by atoms with E-state index in [1.165, 1.54) is 14.2 Å². The molecule has 6 nitrogen and oxygen atoms in total. The van der Waals surface area contributed by atoms with Crippen molar-refractivity contribution in [1.29, 1.82) is 0 Å². The van der Waals surface area contributed by atoms with E-state index in [4.69, 9.17) is 18.3 Å². The highest BCUT2D eigenvalue weighted by molar-refractivity contribution is 6.77. The van der Waals surface area contributed by atoms with Crippen molar-refractivity contribution in [3.63, 3.8) is 0 Å². The van der Waals surface area contributed by atoms with Crippen LogP contribution in [-0.4, -0.2) is 61.4 Å². The number of hydrogen-bond donors (Lipinski definition) is 0. The van der Waals surface area contributed by atoms with E-state index in [1.54, 1.807) is 0 Å². The van der Waals surface area contributed by atoms with E-state index in [0.29, 0.717) is 23.0 Å². The number of rotatable bonds is 14. The van der Waals surface area contributed by atoms with Gasteiger partial charge in [-0.1, -0.05) is 69.2 Å². The van der Waals surface area contributed by atoms with Crippen molar-refractivity contribution >= 4 is 28.9 Å². The molecule has 0 aromatic rings. The second kappa shape index (κ2) is 13.0. The average Bonchev–Trinajstić information content (AvgIpc) is 2.68. The van der Waals surface area contributed by atoms with E-state index in [-0.39, 0.29) is 17.1 Å². The average molecular weight is 505 g/mol. The second-order valence-electron chi connectivity index (χ2n) is 11.8. The van der Waals surface area contributed by atoms with Crippen LogP contribution in [-0.2, 0) is 27.9 Å². The summed E-state index contributed by atoms with van der Waals surface area (Å²) in [7, 11) is -1.63. The first-order chi connectivity index (χ1) is 14.9. The summed E-state index contributed by atoms with van der Waals surface area (Å²) >= 11 is 0. The van der Waals surface area contributed by atoms with E-state index in [0.717, 1.165) is 6.29 Å². The lowest BCUT2D eigenvalue weighted by atomic mass is 9.94. The van der Waals surface area contributed by atoms with E-state index in [2.05, 4.69) is 75.4 Å². The number of methoxy groups -OCH3 is 2. The maximum Gasteiger partial charge on any atom is 0.333 e. The van der Waals surface area contributed by atoms with Crippen molar-refractivity contribution < 1.29 is 27.9 Å². The molecule has 0 saturated heterocycles. The van der Waals surface area contributed by atoms with Crippen molar-refractivity contribution in [2.75, 3.05) is 14.2 Å². The molecule has 0 aromatic carbocycles. The van der Waals surface area contributed by atoms with Gasteiger partial charge >= 0.3 is 5.97 Å². The largest absolute Gasteiger partial charge is 0.467 e. The van der Waals surface area contributed by atoms with Crippen molar-refractivity contribution in [1.82, 2.24) is 0 Å². The quantitative estimate of drug-likeness (QED) is 0.156. The molecule has 8 heteroatoms. The Balaban J connectivity index is 6.46. The molecular formula is C25H52O6Si2. The van der Waals surface area contributed by atoms with Gasteiger partial charge in [-0.15, -0.1) is 0 Å². The molecule has 0 aliphatic heterocycles. The lowest BCUT2D eigenvalue weighted by Crippen LogP contribution is -2.54. The molecule has 0 aliphatic rings. The van der Waals surface area contributed by atoms with Crippen LogP contribution in [0.25, 0.3) is 0 Å². The molecule has 0 spiro atoms. The molecule has 4 atom stereocenters. The third kappa shape index (κ3) is 7.99. The molecule has 0 fully saturated rings. The third-order valence-electron chi connectivity index (χ3n) is 7.73. The Labute approximate surface area is 205 Å². The summed E-state index contributed by atoms with van der Waals surface area (Å²) < 4.78 is 24.3. The van der Waals surface area contributed by atoms with Gasteiger partial charge in [0.2, 0.25) is 8.32 Å². The molecule has 33 heavy (non-hydrogen) atoms. The summed E-state index contributed by atoms with van der Waals surface area (Å²) in [6.45, 7) is 26.0. The van der Waals surface area contributed by atoms with E-state index < -0.39 is 34.8 Å². The van der Waals surface area contributed by atoms with Crippen LogP contribution in [0, 0.1) is 5.92 Å². The predicted molar refractivity (Wildman–Crippen MR) is 141 cm³/mol. The lowest BCUT2D eigenvalue weighted by molar-refractivity contribution is -0.151. The van der Waals surface area contributed by atoms with Crippen LogP contribution in [0.4, 0.5) is 0 Å². The van der Waals surface area contributed by atoms with Crippen LogP contribution in [0.1, 0.15) is 75.7 Å². The van der Waals surface area contributed by atoms with Crippen molar-refractivity contribution in [2.45, 2.75) is 129 Å². The molecule has 0 N–H and O–H groups in total. The number of carbonyl (C=O) groups excluding carboxylic acids is 2. The van der Waals surface area contributed by atoms with Gasteiger partial charge in [-0.25, -0.2) is 4.79 Å². The van der Waals surface area contributed by atoms with Crippen molar-refractivity contribution in [3.05, 3.63) is 0 Å². The zero-order valence-electron chi connectivity index (χ0n) is 23.8. The van der Waals surface area contributed by atoms with Crippen LogP contribution in [0.3, 0.4) is 0 Å². The van der Waals surface area contributed by atoms with Gasteiger partial charge < -0.3 is 23.1 Å². The first kappa shape index (κ1) is 32.5. The summed E-state index contributed by atoms with van der Waals surface area (Å²) in [5.41, 5.74) is 1.09. The Morgan fingerprint density at radius 3 is 1.64 bits per heavy atom. The van der Waals surface area contributed by atoms with Gasteiger partial charge in [-0.2, -0.15) is 0 Å². The highest BCUT2D eigenvalue weighted by Gasteiger charge is 2.49. The van der Waals surface area contributed by atoms with Gasteiger partial charge in [-0.3, -0.25) is 0 Å². The summed E-state index contributed by atoms with van der Waals surface area (Å²) in [6, 6.07) is 0. The normalized spacial score (nSPS) is 17.2. The maximum absolute atomic E-state index is 12.9. The zero-order valence-corrected chi connectivity index (χ0v) is 25.8. The fourth-order valence-corrected chi connectivity index (χ4v) is 11.6. The molecule has 0 aromatic heterocycles. The van der Waals surface area contributed by atoms with Gasteiger partial charge in [0.25, 0.3) is 0 Å². The number of aldehydes is 1. The molecule has 196 valence electrons. The Hall–Kier alpha value is -0.546. The highest BCUT2D eigenvalue weighted by atomic mass is 28.4. The number of esters is 1. The van der Waals surface area contributed by atoms with Crippen molar-refractivity contribution in [2.24, 2.45) is 5.92 Å². The minimum atomic E-state index is -2.30. The van der Waals surface area contributed by atoms with E-state index in [1.807, 2.05) is 6.92 Å². The van der Waals surface area contributed by atoms with Gasteiger partial charge in [0, 0.05) is 19.4 Å². The summed E-state index contributed by atoms with van der Waals surface area (Å²) in [6.07, 6.45) is -0.612. The van der Waals surface area contributed by atoms with Crippen LogP contribution >= 0.6 is 0 Å². The van der Waals surface area contributed by atoms with Crippen molar-refractivity contribution in [3.8, 4) is 0 Å². The first-order valence-electron chi connectivity index (χ1n) is 12.3. The van der Waals surface area contributed by atoms with Crippen LogP contribution in [0.5, 0.6) is 0 Å². The summed E-state index contributed by atoms with van der Waals surface area (Å²) in [5, 5.41) is -0.0641. The molecule has 0 unspecified atom stereocenters. The van der Waals surface area contributed by atoms with Gasteiger partial charge in [0.1, 0.15) is 18.5 Å². The zero-order chi connectivity index (χ0) is 26.4. The fraction of sp³-hybridized carbons (Fsp3) is 0.920. The fourth-order valence-electron chi connectivity index (χ4n) is 4.71. The smallest absolute Gasteiger partial charge is 0.333 e. The minimum Gasteiger partial charge on any atom is -0.467 e. The molecule has 0 heterocycles. The Bertz CT molecular complexity index is 591. The van der Waals surface area contributed by atoms with Crippen LogP contribution in [0.15, 0.2) is 0 Å². The highest BCUT2D eigenvalue weighted by Crippen LogP contribution is 2.45.